The first-order valence-electron chi connectivity index (χ1n) is 4.91. The highest BCUT2D eigenvalue weighted by atomic mass is 16.2. The first kappa shape index (κ1) is 11.0. The Morgan fingerprint density at radius 1 is 1.21 bits per heavy atom. The summed E-state index contributed by atoms with van der Waals surface area (Å²) in [6.07, 6.45) is 3.43. The number of rotatable bonds is 3. The van der Waals surface area contributed by atoms with Crippen molar-refractivity contribution in [1.29, 1.82) is 0 Å². The minimum atomic E-state index is -0.588. The molecule has 80 valence electrons. The topological polar surface area (TPSA) is 98.2 Å². The molecule has 1 rings (SSSR count). The number of nitrogens with one attached hydrogen (secondary N) is 1. The van der Waals surface area contributed by atoms with Gasteiger partial charge in [-0.05, 0) is 25.7 Å². The first-order chi connectivity index (χ1) is 6.58. The van der Waals surface area contributed by atoms with E-state index in [1.165, 1.54) is 0 Å². The van der Waals surface area contributed by atoms with Crippen molar-refractivity contribution in [1.82, 2.24) is 5.32 Å². The molecule has 5 N–H and O–H groups in total. The van der Waals surface area contributed by atoms with E-state index in [4.69, 9.17) is 11.5 Å². The average Bonchev–Trinajstić information content (AvgIpc) is 2.07. The Hall–Kier alpha value is -1.10. The molecule has 0 aliphatic heterocycles. The smallest absolute Gasteiger partial charge is 0.229 e. The van der Waals surface area contributed by atoms with Crippen LogP contribution in [0.15, 0.2) is 0 Å². The standard InChI is InChI=1S/C9H17N3O2/c10-6-1-3-7(4-2-6)12-9(14)5-8(11)13/h6-7H,1-5,10H2,(H2,11,13)(H,12,14). The summed E-state index contributed by atoms with van der Waals surface area (Å²) in [6, 6.07) is 0.431. The molecule has 5 heteroatoms. The lowest BCUT2D eigenvalue weighted by molar-refractivity contribution is -0.128. The van der Waals surface area contributed by atoms with Gasteiger partial charge in [-0.1, -0.05) is 0 Å². The molecular weight excluding hydrogens is 182 g/mol. The van der Waals surface area contributed by atoms with Gasteiger partial charge in [0.2, 0.25) is 11.8 Å². The third-order valence-electron chi connectivity index (χ3n) is 2.47. The highest BCUT2D eigenvalue weighted by Crippen LogP contribution is 2.16. The van der Waals surface area contributed by atoms with Crippen molar-refractivity contribution in [3.8, 4) is 0 Å². The maximum absolute atomic E-state index is 11.2. The second kappa shape index (κ2) is 4.95. The lowest BCUT2D eigenvalue weighted by Gasteiger charge is -2.26. The Morgan fingerprint density at radius 2 is 1.79 bits per heavy atom. The monoisotopic (exact) mass is 199 g/mol. The van der Waals surface area contributed by atoms with Crippen LogP contribution >= 0.6 is 0 Å². The number of hydrogen-bond acceptors (Lipinski definition) is 3. The maximum Gasteiger partial charge on any atom is 0.229 e. The Labute approximate surface area is 83.2 Å². The van der Waals surface area contributed by atoms with E-state index in [1.807, 2.05) is 0 Å². The van der Waals surface area contributed by atoms with E-state index >= 15 is 0 Å². The van der Waals surface area contributed by atoms with Crippen LogP contribution in [0.2, 0.25) is 0 Å². The van der Waals surface area contributed by atoms with Gasteiger partial charge < -0.3 is 16.8 Å². The lowest BCUT2D eigenvalue weighted by Crippen LogP contribution is -2.41. The molecule has 5 nitrogen and oxygen atoms in total. The number of primary amides is 1. The second-order valence-electron chi connectivity index (χ2n) is 3.82. The molecule has 0 bridgehead atoms. The van der Waals surface area contributed by atoms with E-state index in [-0.39, 0.29) is 24.4 Å². The molecular formula is C9H17N3O2. The van der Waals surface area contributed by atoms with Gasteiger partial charge in [0.25, 0.3) is 0 Å². The third-order valence-corrected chi connectivity index (χ3v) is 2.47. The molecule has 0 atom stereocenters. The van der Waals surface area contributed by atoms with Crippen LogP contribution in [-0.4, -0.2) is 23.9 Å². The zero-order chi connectivity index (χ0) is 10.6. The summed E-state index contributed by atoms with van der Waals surface area (Å²) in [6.45, 7) is 0. The molecule has 0 aromatic heterocycles. The third kappa shape index (κ3) is 3.74. The highest BCUT2D eigenvalue weighted by Gasteiger charge is 2.20. The molecule has 0 spiro atoms. The fourth-order valence-electron chi connectivity index (χ4n) is 1.70. The number of carbonyl (C=O) groups excluding carboxylic acids is 2. The SMILES string of the molecule is NC(=O)CC(=O)NC1CCC(N)CC1. The number of amides is 2. The van der Waals surface area contributed by atoms with Crippen molar-refractivity contribution < 1.29 is 9.59 Å². The van der Waals surface area contributed by atoms with Crippen molar-refractivity contribution >= 4 is 11.8 Å². The van der Waals surface area contributed by atoms with Crippen molar-refractivity contribution in [2.75, 3.05) is 0 Å². The Bertz CT molecular complexity index is 222. The Balaban J connectivity index is 2.24. The summed E-state index contributed by atoms with van der Waals surface area (Å²) in [4.78, 5) is 21.6. The Morgan fingerprint density at radius 3 is 2.29 bits per heavy atom. The summed E-state index contributed by atoms with van der Waals surface area (Å²) >= 11 is 0. The summed E-state index contributed by atoms with van der Waals surface area (Å²) in [5.41, 5.74) is 10.6. The van der Waals surface area contributed by atoms with Crippen molar-refractivity contribution in [2.24, 2.45) is 11.5 Å². The number of nitrogens with two attached hydrogens (primary N) is 2. The van der Waals surface area contributed by atoms with Crippen LogP contribution in [0.3, 0.4) is 0 Å². The normalized spacial score (nSPS) is 26.9. The van der Waals surface area contributed by atoms with Crippen LogP contribution in [0.25, 0.3) is 0 Å². The van der Waals surface area contributed by atoms with Gasteiger partial charge in [0.1, 0.15) is 6.42 Å². The molecule has 0 heterocycles. The molecule has 0 saturated heterocycles. The fraction of sp³-hybridized carbons (Fsp3) is 0.778. The van der Waals surface area contributed by atoms with Crippen LogP contribution in [0.5, 0.6) is 0 Å². The van der Waals surface area contributed by atoms with Gasteiger partial charge in [0, 0.05) is 12.1 Å². The quantitative estimate of drug-likeness (QED) is 0.521. The summed E-state index contributed by atoms with van der Waals surface area (Å²) < 4.78 is 0. The summed E-state index contributed by atoms with van der Waals surface area (Å²) in [5, 5.41) is 2.78. The maximum atomic E-state index is 11.2. The second-order valence-corrected chi connectivity index (χ2v) is 3.82. The van der Waals surface area contributed by atoms with Crippen LogP contribution in [-0.2, 0) is 9.59 Å². The van der Waals surface area contributed by atoms with E-state index in [1.54, 1.807) is 0 Å². The molecule has 1 aliphatic rings. The van der Waals surface area contributed by atoms with Crippen molar-refractivity contribution in [3.05, 3.63) is 0 Å². The van der Waals surface area contributed by atoms with Gasteiger partial charge in [-0.2, -0.15) is 0 Å². The van der Waals surface area contributed by atoms with Crippen LogP contribution in [0.1, 0.15) is 32.1 Å². The predicted octanol–water partition coefficient (Wildman–Crippen LogP) is -0.752. The Kier molecular flexibility index (Phi) is 3.88. The predicted molar refractivity (Wildman–Crippen MR) is 52.2 cm³/mol. The molecule has 1 aliphatic carbocycles. The van der Waals surface area contributed by atoms with Crippen LogP contribution in [0, 0.1) is 0 Å². The lowest BCUT2D eigenvalue weighted by atomic mass is 9.92. The molecule has 0 aromatic rings. The van der Waals surface area contributed by atoms with Crippen molar-refractivity contribution in [2.45, 2.75) is 44.2 Å². The number of hydrogen-bond donors (Lipinski definition) is 3. The van der Waals surface area contributed by atoms with Crippen LogP contribution in [0.4, 0.5) is 0 Å². The minimum absolute atomic E-state index is 0.168. The van der Waals surface area contributed by atoms with Gasteiger partial charge in [-0.3, -0.25) is 9.59 Å². The largest absolute Gasteiger partial charge is 0.369 e. The van der Waals surface area contributed by atoms with Gasteiger partial charge in [0.15, 0.2) is 0 Å². The highest BCUT2D eigenvalue weighted by molar-refractivity contribution is 5.96. The van der Waals surface area contributed by atoms with Crippen molar-refractivity contribution in [3.63, 3.8) is 0 Å². The minimum Gasteiger partial charge on any atom is -0.369 e. The van der Waals surface area contributed by atoms with E-state index < -0.39 is 5.91 Å². The number of carbonyl (C=O) groups is 2. The average molecular weight is 199 g/mol. The van der Waals surface area contributed by atoms with E-state index in [0.29, 0.717) is 0 Å². The zero-order valence-electron chi connectivity index (χ0n) is 8.16. The van der Waals surface area contributed by atoms with E-state index in [0.717, 1.165) is 25.7 Å². The molecule has 0 radical (unpaired) electrons. The van der Waals surface area contributed by atoms with E-state index in [9.17, 15) is 9.59 Å². The molecule has 1 saturated carbocycles. The van der Waals surface area contributed by atoms with E-state index in [2.05, 4.69) is 5.32 Å². The molecule has 0 aromatic carbocycles. The molecule has 14 heavy (non-hydrogen) atoms. The summed E-state index contributed by atoms with van der Waals surface area (Å²) in [5.74, 6) is -0.868. The molecule has 2 amide bonds. The fourth-order valence-corrected chi connectivity index (χ4v) is 1.70. The van der Waals surface area contributed by atoms with Gasteiger partial charge >= 0.3 is 0 Å². The van der Waals surface area contributed by atoms with Gasteiger partial charge in [-0.25, -0.2) is 0 Å². The zero-order valence-corrected chi connectivity index (χ0v) is 8.16. The van der Waals surface area contributed by atoms with Crippen LogP contribution < -0.4 is 16.8 Å². The summed E-state index contributed by atoms with van der Waals surface area (Å²) in [7, 11) is 0. The van der Waals surface area contributed by atoms with Gasteiger partial charge in [0.05, 0.1) is 0 Å². The molecule has 1 fully saturated rings. The molecule has 0 unspecified atom stereocenters. The van der Waals surface area contributed by atoms with Gasteiger partial charge in [-0.15, -0.1) is 0 Å². The first-order valence-corrected chi connectivity index (χ1v) is 4.91.